The number of hydrogen-bond donors (Lipinski definition) is 1. The average Bonchev–Trinajstić information content (AvgIpc) is 3.00. The van der Waals surface area contributed by atoms with Crippen molar-refractivity contribution >= 4 is 10.0 Å². The predicted molar refractivity (Wildman–Crippen MR) is 163 cm³/mol. The third-order valence-electron chi connectivity index (χ3n) is 7.53. The normalized spacial score (nSPS) is 19.3. The molecule has 0 saturated carbocycles. The van der Waals surface area contributed by atoms with E-state index in [4.69, 9.17) is 9.47 Å². The minimum Gasteiger partial charge on any atom is -0.487 e. The van der Waals surface area contributed by atoms with Crippen LogP contribution in [0.2, 0.25) is 0 Å². The number of rotatable bonds is 9. The van der Waals surface area contributed by atoms with Crippen molar-refractivity contribution in [2.24, 2.45) is 5.92 Å². The van der Waals surface area contributed by atoms with Crippen LogP contribution in [0.25, 0.3) is 11.1 Å². The van der Waals surface area contributed by atoms with Crippen LogP contribution in [-0.4, -0.2) is 66.6 Å². The molecule has 8 nitrogen and oxygen atoms in total. The number of fused-ring (bicyclic) bond motifs is 1. The summed E-state index contributed by atoms with van der Waals surface area (Å²) in [4.78, 5) is 6.37. The van der Waals surface area contributed by atoms with Crippen LogP contribution in [0, 0.1) is 5.92 Å². The van der Waals surface area contributed by atoms with Gasteiger partial charge in [-0.25, -0.2) is 8.42 Å². The van der Waals surface area contributed by atoms with Gasteiger partial charge in [-0.3, -0.25) is 9.88 Å². The average molecular weight is 588 g/mol. The van der Waals surface area contributed by atoms with Gasteiger partial charge >= 0.3 is 0 Å². The molecule has 1 aromatic heterocycles. The Morgan fingerprint density at radius 2 is 1.69 bits per heavy atom. The van der Waals surface area contributed by atoms with Gasteiger partial charge in [-0.05, 0) is 79.2 Å². The van der Waals surface area contributed by atoms with Crippen molar-refractivity contribution < 1.29 is 23.0 Å². The smallest absolute Gasteiger partial charge is 0.247 e. The minimum absolute atomic E-state index is 0.106. The number of likely N-dealkylation sites (N-methyl/N-ethyl adjacent to an activating group) is 1. The first-order valence-electron chi connectivity index (χ1n) is 14.1. The van der Waals surface area contributed by atoms with Gasteiger partial charge in [0.1, 0.15) is 28.2 Å². The highest BCUT2D eigenvalue weighted by molar-refractivity contribution is 7.89. The third kappa shape index (κ3) is 6.82. The molecule has 5 rings (SSSR count). The Labute approximate surface area is 248 Å². The van der Waals surface area contributed by atoms with Crippen molar-refractivity contribution in [3.8, 4) is 28.4 Å². The van der Waals surface area contributed by atoms with Crippen molar-refractivity contribution in [1.29, 1.82) is 0 Å². The second-order valence-corrected chi connectivity index (χ2v) is 12.8. The van der Waals surface area contributed by atoms with Gasteiger partial charge < -0.3 is 14.6 Å². The van der Waals surface area contributed by atoms with Gasteiger partial charge in [0.05, 0.1) is 6.61 Å². The second kappa shape index (κ2) is 13.0. The lowest BCUT2D eigenvalue weighted by molar-refractivity contribution is 0.0734. The van der Waals surface area contributed by atoms with Crippen LogP contribution in [0.4, 0.5) is 0 Å². The van der Waals surface area contributed by atoms with E-state index in [1.165, 1.54) is 4.31 Å². The Kier molecular flexibility index (Phi) is 9.23. The predicted octanol–water partition coefficient (Wildman–Crippen LogP) is 5.44. The fraction of sp³-hybridized carbons (Fsp3) is 0.303. The fourth-order valence-corrected chi connectivity index (χ4v) is 6.96. The molecule has 0 unspecified atom stereocenters. The van der Waals surface area contributed by atoms with E-state index in [2.05, 4.69) is 9.88 Å². The molecule has 0 saturated heterocycles. The van der Waals surface area contributed by atoms with E-state index in [1.807, 2.05) is 80.7 Å². The van der Waals surface area contributed by atoms with Gasteiger partial charge in [0.25, 0.3) is 0 Å². The zero-order valence-corrected chi connectivity index (χ0v) is 24.9. The van der Waals surface area contributed by atoms with Crippen LogP contribution in [0.3, 0.4) is 0 Å². The summed E-state index contributed by atoms with van der Waals surface area (Å²) >= 11 is 0. The SMILES string of the molecule is C[C@H](CO)N1C[C@H](C)[C@@H](CN(C)Cc2ccc(Oc3ccccc3)cc2)Oc2cc(-c3ccncc3)ccc2S1(=O)=O. The maximum Gasteiger partial charge on any atom is 0.247 e. The lowest BCUT2D eigenvalue weighted by atomic mass is 10.0. The molecule has 4 aromatic rings. The van der Waals surface area contributed by atoms with Crippen molar-refractivity contribution in [2.75, 3.05) is 26.7 Å². The van der Waals surface area contributed by atoms with Gasteiger partial charge in [0.15, 0.2) is 0 Å². The van der Waals surface area contributed by atoms with E-state index in [9.17, 15) is 13.5 Å². The molecule has 3 atom stereocenters. The maximum absolute atomic E-state index is 13.8. The quantitative estimate of drug-likeness (QED) is 0.279. The summed E-state index contributed by atoms with van der Waals surface area (Å²) < 4.78 is 41.5. The van der Waals surface area contributed by atoms with E-state index in [-0.39, 0.29) is 30.1 Å². The van der Waals surface area contributed by atoms with Gasteiger partial charge in [-0.1, -0.05) is 43.3 Å². The van der Waals surface area contributed by atoms with Crippen molar-refractivity contribution in [2.45, 2.75) is 37.4 Å². The fourth-order valence-electron chi connectivity index (χ4n) is 5.14. The second-order valence-electron chi connectivity index (χ2n) is 10.9. The highest BCUT2D eigenvalue weighted by Gasteiger charge is 2.38. The maximum atomic E-state index is 13.8. The molecule has 0 spiro atoms. The molecule has 0 bridgehead atoms. The van der Waals surface area contributed by atoms with Crippen LogP contribution in [-0.2, 0) is 16.6 Å². The Hall–Kier alpha value is -3.76. The van der Waals surface area contributed by atoms with Crippen LogP contribution in [0.5, 0.6) is 17.2 Å². The van der Waals surface area contributed by atoms with Crippen LogP contribution >= 0.6 is 0 Å². The van der Waals surface area contributed by atoms with Crippen molar-refractivity contribution in [3.05, 3.63) is 103 Å². The van der Waals surface area contributed by atoms with Crippen molar-refractivity contribution in [3.63, 3.8) is 0 Å². The first-order chi connectivity index (χ1) is 20.2. The molecule has 3 aromatic carbocycles. The van der Waals surface area contributed by atoms with Gasteiger partial charge in [0.2, 0.25) is 10.0 Å². The van der Waals surface area contributed by atoms with E-state index in [1.54, 1.807) is 37.5 Å². The standard InChI is InChI=1S/C33H37N3O5S/c1-24-20-36(25(2)23-37)42(38,39)33-14-11-28(27-15-17-34-18-16-27)19-31(33)41-32(24)22-35(3)21-26-9-12-30(13-10-26)40-29-7-5-4-6-8-29/h4-19,24-25,32,37H,20-23H2,1-3H3/t24-,25+,32+/m0/s1. The highest BCUT2D eigenvalue weighted by Crippen LogP contribution is 2.36. The summed E-state index contributed by atoms with van der Waals surface area (Å²) in [5.41, 5.74) is 2.87. The van der Waals surface area contributed by atoms with E-state index in [0.717, 1.165) is 28.2 Å². The molecule has 220 valence electrons. The number of para-hydroxylation sites is 1. The van der Waals surface area contributed by atoms with Crippen LogP contribution in [0.15, 0.2) is 102 Å². The molecular formula is C33H37N3O5S. The third-order valence-corrected chi connectivity index (χ3v) is 9.55. The monoisotopic (exact) mass is 587 g/mol. The number of aliphatic hydroxyl groups is 1. The van der Waals surface area contributed by atoms with E-state index < -0.39 is 16.1 Å². The molecule has 0 aliphatic carbocycles. The number of benzene rings is 3. The Morgan fingerprint density at radius 1 is 1.00 bits per heavy atom. The molecule has 1 aliphatic rings. The summed E-state index contributed by atoms with van der Waals surface area (Å²) in [7, 11) is -1.87. The first kappa shape index (κ1) is 29.7. The van der Waals surface area contributed by atoms with E-state index >= 15 is 0 Å². The lowest BCUT2D eigenvalue weighted by Crippen LogP contribution is -2.49. The highest BCUT2D eigenvalue weighted by atomic mass is 32.2. The molecular weight excluding hydrogens is 550 g/mol. The lowest BCUT2D eigenvalue weighted by Gasteiger charge is -2.37. The number of sulfonamides is 1. The summed E-state index contributed by atoms with van der Waals surface area (Å²) in [5.74, 6) is 1.73. The number of nitrogens with zero attached hydrogens (tertiary/aromatic N) is 3. The number of aliphatic hydroxyl groups excluding tert-OH is 1. The molecule has 2 heterocycles. The molecule has 1 N–H and O–H groups in total. The first-order valence-corrected chi connectivity index (χ1v) is 15.5. The Morgan fingerprint density at radius 3 is 2.38 bits per heavy atom. The molecule has 9 heteroatoms. The zero-order chi connectivity index (χ0) is 29.7. The zero-order valence-electron chi connectivity index (χ0n) is 24.1. The Bertz CT molecular complexity index is 1570. The summed E-state index contributed by atoms with van der Waals surface area (Å²) in [6.45, 7) is 4.94. The number of pyridine rings is 1. The summed E-state index contributed by atoms with van der Waals surface area (Å²) in [6.07, 6.45) is 3.11. The van der Waals surface area contributed by atoms with Gasteiger partial charge in [0, 0.05) is 44.0 Å². The van der Waals surface area contributed by atoms with Crippen LogP contribution in [0.1, 0.15) is 19.4 Å². The molecule has 0 fully saturated rings. The molecule has 42 heavy (non-hydrogen) atoms. The van der Waals surface area contributed by atoms with Gasteiger partial charge in [-0.2, -0.15) is 4.31 Å². The molecule has 0 amide bonds. The van der Waals surface area contributed by atoms with E-state index in [0.29, 0.717) is 18.8 Å². The summed E-state index contributed by atoms with van der Waals surface area (Å²) in [6, 6.07) is 26.1. The van der Waals surface area contributed by atoms with Crippen molar-refractivity contribution in [1.82, 2.24) is 14.2 Å². The number of aromatic nitrogens is 1. The minimum atomic E-state index is -3.90. The number of hydrogen-bond acceptors (Lipinski definition) is 7. The largest absolute Gasteiger partial charge is 0.487 e. The Balaban J connectivity index is 1.38. The van der Waals surface area contributed by atoms with Crippen LogP contribution < -0.4 is 9.47 Å². The molecule has 1 aliphatic heterocycles. The van der Waals surface area contributed by atoms with Gasteiger partial charge in [-0.15, -0.1) is 0 Å². The topological polar surface area (TPSA) is 92.2 Å². The summed E-state index contributed by atoms with van der Waals surface area (Å²) in [5, 5.41) is 9.93. The number of ether oxygens (including phenoxy) is 2. The molecule has 0 radical (unpaired) electrons.